The number of nitrogens with one attached hydrogen (secondary N) is 1. The van der Waals surface area contributed by atoms with Gasteiger partial charge in [-0.05, 0) is 50.2 Å². The second kappa shape index (κ2) is 8.47. The molecule has 0 bridgehead atoms. The number of thioether (sulfide) groups is 1. The van der Waals surface area contributed by atoms with Gasteiger partial charge >= 0.3 is 0 Å². The summed E-state index contributed by atoms with van der Waals surface area (Å²) in [7, 11) is 0. The molecule has 1 unspecified atom stereocenters. The predicted molar refractivity (Wildman–Crippen MR) is 127 cm³/mol. The van der Waals surface area contributed by atoms with Crippen LogP contribution in [0.4, 0.5) is 5.69 Å². The quantitative estimate of drug-likeness (QED) is 0.355. The number of carbonyl (C=O) groups excluding carboxylic acids is 1. The van der Waals surface area contributed by atoms with E-state index < -0.39 is 5.25 Å². The number of aromatic nitrogens is 4. The molecule has 1 atom stereocenters. The van der Waals surface area contributed by atoms with Crippen LogP contribution in [0.5, 0.6) is 0 Å². The van der Waals surface area contributed by atoms with Gasteiger partial charge in [-0.25, -0.2) is 0 Å². The first-order valence-electron chi connectivity index (χ1n) is 10.4. The van der Waals surface area contributed by atoms with Crippen LogP contribution in [0.3, 0.4) is 0 Å². The normalized spacial score (nSPS) is 12.3. The average molecular weight is 444 g/mol. The Morgan fingerprint density at radius 1 is 1.06 bits per heavy atom. The largest absolute Gasteiger partial charge is 0.411 e. The van der Waals surface area contributed by atoms with E-state index in [1.165, 1.54) is 22.7 Å². The SMILES string of the molecule is CCn1c2ccccc2c2cc(NC(=O)C(C)Sc3nnc(-c4ccncc4)o3)ccc21. The highest BCUT2D eigenvalue weighted by molar-refractivity contribution is 8.00. The Hall–Kier alpha value is -3.65. The molecule has 32 heavy (non-hydrogen) atoms. The van der Waals surface area contributed by atoms with Crippen molar-refractivity contribution in [2.45, 2.75) is 30.9 Å². The lowest BCUT2D eigenvalue weighted by molar-refractivity contribution is -0.115. The van der Waals surface area contributed by atoms with Crippen molar-refractivity contribution in [3.63, 3.8) is 0 Å². The smallest absolute Gasteiger partial charge is 0.277 e. The average Bonchev–Trinajstić information content (AvgIpc) is 3.42. The van der Waals surface area contributed by atoms with E-state index >= 15 is 0 Å². The van der Waals surface area contributed by atoms with Gasteiger partial charge in [0.25, 0.3) is 5.22 Å². The van der Waals surface area contributed by atoms with Crippen molar-refractivity contribution in [1.29, 1.82) is 0 Å². The maximum atomic E-state index is 12.8. The van der Waals surface area contributed by atoms with Crippen molar-refractivity contribution in [2.75, 3.05) is 5.32 Å². The zero-order valence-electron chi connectivity index (χ0n) is 17.6. The Balaban J connectivity index is 1.33. The molecule has 0 aliphatic heterocycles. The number of rotatable bonds is 6. The number of hydrogen-bond acceptors (Lipinski definition) is 6. The summed E-state index contributed by atoms with van der Waals surface area (Å²) in [5.41, 5.74) is 3.90. The zero-order chi connectivity index (χ0) is 22.1. The van der Waals surface area contributed by atoms with E-state index in [2.05, 4.69) is 50.2 Å². The number of para-hydroxylation sites is 1. The van der Waals surface area contributed by atoms with Gasteiger partial charge in [0.2, 0.25) is 11.8 Å². The molecule has 0 saturated carbocycles. The molecule has 0 radical (unpaired) electrons. The zero-order valence-corrected chi connectivity index (χ0v) is 18.5. The van der Waals surface area contributed by atoms with Crippen LogP contribution >= 0.6 is 11.8 Å². The molecular formula is C24H21N5O2S. The summed E-state index contributed by atoms with van der Waals surface area (Å²) in [5, 5.41) is 13.4. The summed E-state index contributed by atoms with van der Waals surface area (Å²) in [6.45, 7) is 4.84. The summed E-state index contributed by atoms with van der Waals surface area (Å²) in [6.07, 6.45) is 3.33. The number of fused-ring (bicyclic) bond motifs is 3. The molecular weight excluding hydrogens is 422 g/mol. The van der Waals surface area contributed by atoms with E-state index in [1.54, 1.807) is 24.5 Å². The highest BCUT2D eigenvalue weighted by Crippen LogP contribution is 2.32. The molecule has 3 aromatic heterocycles. The van der Waals surface area contributed by atoms with Gasteiger partial charge in [0.05, 0.1) is 5.25 Å². The molecule has 160 valence electrons. The maximum absolute atomic E-state index is 12.8. The van der Waals surface area contributed by atoms with Crippen LogP contribution in [0, 0.1) is 0 Å². The third kappa shape index (κ3) is 3.73. The lowest BCUT2D eigenvalue weighted by atomic mass is 10.1. The second-order valence-electron chi connectivity index (χ2n) is 7.35. The lowest BCUT2D eigenvalue weighted by Crippen LogP contribution is -2.22. The highest BCUT2D eigenvalue weighted by Gasteiger charge is 2.19. The lowest BCUT2D eigenvalue weighted by Gasteiger charge is -2.10. The fourth-order valence-corrected chi connectivity index (χ4v) is 4.47. The van der Waals surface area contributed by atoms with Gasteiger partial charge in [-0.1, -0.05) is 30.0 Å². The Labute approximate surface area is 188 Å². The third-order valence-electron chi connectivity index (χ3n) is 5.34. The van der Waals surface area contributed by atoms with Crippen molar-refractivity contribution in [1.82, 2.24) is 19.7 Å². The standard InChI is InChI=1S/C24H21N5O2S/c1-3-29-20-7-5-4-6-18(20)19-14-17(8-9-21(19)29)26-22(30)15(2)32-24-28-27-23(31-24)16-10-12-25-13-11-16/h4-15H,3H2,1-2H3,(H,26,30). The molecule has 7 nitrogen and oxygen atoms in total. The summed E-state index contributed by atoms with van der Waals surface area (Å²) in [5.74, 6) is 0.275. The van der Waals surface area contributed by atoms with Crippen LogP contribution in [0.1, 0.15) is 13.8 Å². The fraction of sp³-hybridized carbons (Fsp3) is 0.167. The van der Waals surface area contributed by atoms with Crippen LogP contribution in [0.15, 0.2) is 76.6 Å². The predicted octanol–water partition coefficient (Wildman–Crippen LogP) is 5.38. The van der Waals surface area contributed by atoms with Crippen LogP contribution in [0.2, 0.25) is 0 Å². The van der Waals surface area contributed by atoms with Gasteiger partial charge < -0.3 is 14.3 Å². The number of carbonyl (C=O) groups is 1. The first-order valence-corrected chi connectivity index (χ1v) is 11.2. The first kappa shape index (κ1) is 20.3. The first-order chi connectivity index (χ1) is 15.6. The highest BCUT2D eigenvalue weighted by atomic mass is 32.2. The summed E-state index contributed by atoms with van der Waals surface area (Å²) in [4.78, 5) is 16.8. The number of amides is 1. The molecule has 5 aromatic rings. The summed E-state index contributed by atoms with van der Waals surface area (Å²) in [6, 6.07) is 18.0. The van der Waals surface area contributed by atoms with E-state index in [0.717, 1.165) is 28.7 Å². The molecule has 0 aliphatic rings. The molecule has 1 N–H and O–H groups in total. The maximum Gasteiger partial charge on any atom is 0.277 e. The summed E-state index contributed by atoms with van der Waals surface area (Å²) < 4.78 is 7.97. The molecule has 0 saturated heterocycles. The van der Waals surface area contributed by atoms with E-state index in [4.69, 9.17) is 4.42 Å². The Morgan fingerprint density at radius 3 is 2.66 bits per heavy atom. The van der Waals surface area contributed by atoms with E-state index in [1.807, 2.05) is 31.2 Å². The molecule has 1 amide bonds. The second-order valence-corrected chi connectivity index (χ2v) is 8.64. The van der Waals surface area contributed by atoms with E-state index in [-0.39, 0.29) is 5.91 Å². The minimum Gasteiger partial charge on any atom is -0.411 e. The molecule has 8 heteroatoms. The van der Waals surface area contributed by atoms with Crippen molar-refractivity contribution in [3.05, 3.63) is 67.0 Å². The molecule has 0 fully saturated rings. The third-order valence-corrected chi connectivity index (χ3v) is 6.27. The van der Waals surface area contributed by atoms with Crippen LogP contribution in [0.25, 0.3) is 33.3 Å². The summed E-state index contributed by atoms with van der Waals surface area (Å²) >= 11 is 1.23. The Bertz CT molecular complexity index is 1410. The number of nitrogens with zero attached hydrogens (tertiary/aromatic N) is 4. The Kier molecular flexibility index (Phi) is 5.36. The van der Waals surface area contributed by atoms with Gasteiger partial charge in [-0.2, -0.15) is 0 Å². The molecule has 5 rings (SSSR count). The monoisotopic (exact) mass is 443 g/mol. The molecule has 0 aliphatic carbocycles. The number of anilines is 1. The fourth-order valence-electron chi connectivity index (χ4n) is 3.79. The molecule has 0 spiro atoms. The van der Waals surface area contributed by atoms with Crippen LogP contribution in [-0.4, -0.2) is 30.9 Å². The topological polar surface area (TPSA) is 85.8 Å². The van der Waals surface area contributed by atoms with Crippen molar-refractivity contribution < 1.29 is 9.21 Å². The van der Waals surface area contributed by atoms with Gasteiger partial charge in [0.15, 0.2) is 0 Å². The number of benzene rings is 2. The van der Waals surface area contributed by atoms with E-state index in [9.17, 15) is 4.79 Å². The molecule has 2 aromatic carbocycles. The number of pyridine rings is 1. The number of aryl methyl sites for hydroxylation is 1. The van der Waals surface area contributed by atoms with Gasteiger partial charge in [-0.3, -0.25) is 9.78 Å². The van der Waals surface area contributed by atoms with E-state index in [0.29, 0.717) is 11.1 Å². The van der Waals surface area contributed by atoms with Gasteiger partial charge in [0, 0.05) is 52.0 Å². The van der Waals surface area contributed by atoms with Crippen LogP contribution < -0.4 is 5.32 Å². The molecule has 3 heterocycles. The minimum absolute atomic E-state index is 0.128. The van der Waals surface area contributed by atoms with Gasteiger partial charge in [0.1, 0.15) is 0 Å². The van der Waals surface area contributed by atoms with Gasteiger partial charge in [-0.15, -0.1) is 10.2 Å². The Morgan fingerprint density at radius 2 is 1.84 bits per heavy atom. The van der Waals surface area contributed by atoms with Crippen molar-refractivity contribution in [3.8, 4) is 11.5 Å². The van der Waals surface area contributed by atoms with Crippen molar-refractivity contribution >= 4 is 45.2 Å². The minimum atomic E-state index is -0.409. The number of hydrogen-bond donors (Lipinski definition) is 1. The van der Waals surface area contributed by atoms with Crippen molar-refractivity contribution in [2.24, 2.45) is 0 Å². The van der Waals surface area contributed by atoms with Crippen LogP contribution in [-0.2, 0) is 11.3 Å².